The van der Waals surface area contributed by atoms with E-state index in [4.69, 9.17) is 5.73 Å². The highest BCUT2D eigenvalue weighted by Crippen LogP contribution is 2.20. The Bertz CT molecular complexity index is 588. The van der Waals surface area contributed by atoms with Crippen LogP contribution < -0.4 is 16.7 Å². The number of H-pyrrole nitrogens is 1. The molecule has 7 nitrogen and oxygen atoms in total. The first-order valence-corrected chi connectivity index (χ1v) is 5.70. The minimum Gasteiger partial charge on any atom is -0.364 e. The van der Waals surface area contributed by atoms with E-state index in [1.54, 1.807) is 12.1 Å². The summed E-state index contributed by atoms with van der Waals surface area (Å²) in [5.41, 5.74) is 6.15. The van der Waals surface area contributed by atoms with Crippen LogP contribution in [0.4, 0.5) is 5.82 Å². The Labute approximate surface area is 97.0 Å². The molecule has 17 heavy (non-hydrogen) atoms. The van der Waals surface area contributed by atoms with Crippen molar-refractivity contribution in [1.82, 2.24) is 19.8 Å². The molecule has 2 heterocycles. The second-order valence-corrected chi connectivity index (χ2v) is 4.36. The molecular weight excluding hydrogens is 220 g/mol. The van der Waals surface area contributed by atoms with Gasteiger partial charge in [-0.1, -0.05) is 0 Å². The summed E-state index contributed by atoms with van der Waals surface area (Å²) < 4.78 is 1.24. The highest BCUT2D eigenvalue weighted by atomic mass is 16.2. The molecule has 1 saturated carbocycles. The highest BCUT2D eigenvalue weighted by molar-refractivity contribution is 5.43. The first-order valence-electron chi connectivity index (χ1n) is 5.70. The van der Waals surface area contributed by atoms with Crippen LogP contribution in [0.2, 0.25) is 0 Å². The molecule has 1 aliphatic rings. The van der Waals surface area contributed by atoms with Crippen molar-refractivity contribution in [3.8, 4) is 0 Å². The largest absolute Gasteiger partial charge is 0.364 e. The van der Waals surface area contributed by atoms with Gasteiger partial charge in [0.05, 0.1) is 0 Å². The minimum atomic E-state index is -0.334. The van der Waals surface area contributed by atoms with Gasteiger partial charge in [0, 0.05) is 12.1 Å². The van der Waals surface area contributed by atoms with Crippen LogP contribution in [0.1, 0.15) is 19.3 Å². The number of rotatable bonds is 2. The van der Waals surface area contributed by atoms with Crippen LogP contribution in [0.3, 0.4) is 0 Å². The number of aromatic amines is 1. The summed E-state index contributed by atoms with van der Waals surface area (Å²) in [6.07, 6.45) is 3.21. The normalized spacial score (nSPS) is 24.3. The Morgan fingerprint density at radius 3 is 3.12 bits per heavy atom. The van der Waals surface area contributed by atoms with Gasteiger partial charge in [-0.3, -0.25) is 0 Å². The molecular formula is C10H14N6O. The lowest BCUT2D eigenvalue weighted by molar-refractivity contribution is 0.633. The second kappa shape index (κ2) is 3.85. The lowest BCUT2D eigenvalue weighted by atomic mass is 10.2. The van der Waals surface area contributed by atoms with Gasteiger partial charge in [-0.2, -0.15) is 9.61 Å². The van der Waals surface area contributed by atoms with Crippen LogP contribution in [-0.4, -0.2) is 31.9 Å². The smallest absolute Gasteiger partial charge is 0.364 e. The van der Waals surface area contributed by atoms with Gasteiger partial charge in [0.1, 0.15) is 5.82 Å². The van der Waals surface area contributed by atoms with Crippen molar-refractivity contribution in [1.29, 1.82) is 0 Å². The number of nitrogens with zero attached hydrogens (tertiary/aromatic N) is 3. The van der Waals surface area contributed by atoms with E-state index in [0.29, 0.717) is 11.5 Å². The zero-order chi connectivity index (χ0) is 11.8. The van der Waals surface area contributed by atoms with Crippen molar-refractivity contribution in [2.24, 2.45) is 5.73 Å². The molecule has 0 spiro atoms. The molecule has 0 radical (unpaired) electrons. The highest BCUT2D eigenvalue weighted by Gasteiger charge is 2.23. The summed E-state index contributed by atoms with van der Waals surface area (Å²) >= 11 is 0. The van der Waals surface area contributed by atoms with Crippen molar-refractivity contribution in [3.63, 3.8) is 0 Å². The molecule has 0 saturated heterocycles. The molecule has 0 aliphatic heterocycles. The average Bonchev–Trinajstić information content (AvgIpc) is 2.88. The molecule has 90 valence electrons. The number of fused-ring (bicyclic) bond motifs is 1. The van der Waals surface area contributed by atoms with Gasteiger partial charge in [-0.05, 0) is 31.4 Å². The SMILES string of the molecule is NC1CCCC1Nc1ccc2n[nH]c(=O)n2n1. The molecule has 2 atom stereocenters. The molecule has 0 aromatic carbocycles. The van der Waals surface area contributed by atoms with Crippen LogP contribution >= 0.6 is 0 Å². The molecule has 2 aromatic rings. The third-order valence-corrected chi connectivity index (χ3v) is 3.18. The first-order chi connectivity index (χ1) is 8.24. The second-order valence-electron chi connectivity index (χ2n) is 4.36. The number of nitrogens with one attached hydrogen (secondary N) is 2. The molecule has 1 aliphatic carbocycles. The van der Waals surface area contributed by atoms with E-state index in [-0.39, 0.29) is 17.8 Å². The van der Waals surface area contributed by atoms with Gasteiger partial charge < -0.3 is 11.1 Å². The summed E-state index contributed by atoms with van der Waals surface area (Å²) in [5, 5.41) is 13.6. The fourth-order valence-corrected chi connectivity index (χ4v) is 2.24. The van der Waals surface area contributed by atoms with E-state index in [1.165, 1.54) is 4.52 Å². The topological polar surface area (TPSA) is 101 Å². The van der Waals surface area contributed by atoms with Crippen LogP contribution in [0.15, 0.2) is 16.9 Å². The molecule has 2 aromatic heterocycles. The summed E-state index contributed by atoms with van der Waals surface area (Å²) in [4.78, 5) is 11.4. The molecule has 2 unspecified atom stereocenters. The number of hydrogen-bond donors (Lipinski definition) is 3. The van der Waals surface area contributed by atoms with Gasteiger partial charge in [0.25, 0.3) is 0 Å². The van der Waals surface area contributed by atoms with E-state index in [0.717, 1.165) is 19.3 Å². The van der Waals surface area contributed by atoms with Crippen molar-refractivity contribution in [2.75, 3.05) is 5.32 Å². The fraction of sp³-hybridized carbons (Fsp3) is 0.500. The van der Waals surface area contributed by atoms with E-state index < -0.39 is 0 Å². The summed E-state index contributed by atoms with van der Waals surface area (Å²) in [7, 11) is 0. The third-order valence-electron chi connectivity index (χ3n) is 3.18. The average molecular weight is 234 g/mol. The Kier molecular flexibility index (Phi) is 2.32. The maximum atomic E-state index is 11.4. The molecule has 0 amide bonds. The maximum Gasteiger partial charge on any atom is 0.364 e. The van der Waals surface area contributed by atoms with Gasteiger partial charge in [0.15, 0.2) is 5.65 Å². The first kappa shape index (κ1) is 10.3. The predicted molar refractivity (Wildman–Crippen MR) is 62.8 cm³/mol. The van der Waals surface area contributed by atoms with E-state index in [1.807, 2.05) is 0 Å². The summed E-state index contributed by atoms with van der Waals surface area (Å²) in [5.74, 6) is 0.656. The Morgan fingerprint density at radius 2 is 2.35 bits per heavy atom. The van der Waals surface area contributed by atoms with E-state index >= 15 is 0 Å². The van der Waals surface area contributed by atoms with Crippen molar-refractivity contribution >= 4 is 11.5 Å². The Morgan fingerprint density at radius 1 is 1.47 bits per heavy atom. The van der Waals surface area contributed by atoms with E-state index in [2.05, 4.69) is 20.6 Å². The number of anilines is 1. The predicted octanol–water partition coefficient (Wildman–Crippen LogP) is -0.291. The third kappa shape index (κ3) is 1.78. The van der Waals surface area contributed by atoms with Crippen LogP contribution in [0, 0.1) is 0 Å². The van der Waals surface area contributed by atoms with Gasteiger partial charge >= 0.3 is 5.69 Å². The maximum absolute atomic E-state index is 11.4. The summed E-state index contributed by atoms with van der Waals surface area (Å²) in [6, 6.07) is 3.95. The number of hydrogen-bond acceptors (Lipinski definition) is 5. The lowest BCUT2D eigenvalue weighted by Crippen LogP contribution is -2.35. The van der Waals surface area contributed by atoms with Gasteiger partial charge in [-0.15, -0.1) is 5.10 Å². The van der Waals surface area contributed by atoms with Gasteiger partial charge in [0.2, 0.25) is 0 Å². The Balaban J connectivity index is 1.90. The fourth-order valence-electron chi connectivity index (χ4n) is 2.24. The molecule has 4 N–H and O–H groups in total. The lowest BCUT2D eigenvalue weighted by Gasteiger charge is -2.17. The van der Waals surface area contributed by atoms with E-state index in [9.17, 15) is 4.79 Å². The monoisotopic (exact) mass is 234 g/mol. The molecule has 7 heteroatoms. The Hall–Kier alpha value is -1.89. The quantitative estimate of drug-likeness (QED) is 0.662. The summed E-state index contributed by atoms with van der Waals surface area (Å²) in [6.45, 7) is 0. The van der Waals surface area contributed by atoms with Crippen LogP contribution in [-0.2, 0) is 0 Å². The number of nitrogens with two attached hydrogens (primary N) is 1. The number of aromatic nitrogens is 4. The minimum absolute atomic E-state index is 0.161. The molecule has 0 bridgehead atoms. The standard InChI is InChI=1S/C10H14N6O/c11-6-2-1-3-7(6)12-8-4-5-9-13-14-10(17)16(9)15-8/h4-7H,1-3,11H2,(H,12,15)(H,14,17). The zero-order valence-electron chi connectivity index (χ0n) is 9.26. The van der Waals surface area contributed by atoms with Crippen molar-refractivity contribution < 1.29 is 0 Å². The van der Waals surface area contributed by atoms with Crippen LogP contribution in [0.5, 0.6) is 0 Å². The molecule has 3 rings (SSSR count). The van der Waals surface area contributed by atoms with Crippen LogP contribution in [0.25, 0.3) is 5.65 Å². The zero-order valence-corrected chi connectivity index (χ0v) is 9.26. The van der Waals surface area contributed by atoms with Crippen molar-refractivity contribution in [3.05, 3.63) is 22.6 Å². The van der Waals surface area contributed by atoms with Crippen molar-refractivity contribution in [2.45, 2.75) is 31.3 Å². The van der Waals surface area contributed by atoms with Gasteiger partial charge in [-0.25, -0.2) is 9.89 Å². The molecule has 1 fully saturated rings.